The lowest BCUT2D eigenvalue weighted by molar-refractivity contribution is -0.127. The zero-order chi connectivity index (χ0) is 22.7. The minimum atomic E-state index is -0.688. The maximum atomic E-state index is 12.9. The van der Waals surface area contributed by atoms with Crippen LogP contribution in [0.25, 0.3) is 11.3 Å². The molecule has 0 spiro atoms. The van der Waals surface area contributed by atoms with Crippen LogP contribution in [0.2, 0.25) is 5.02 Å². The van der Waals surface area contributed by atoms with E-state index in [9.17, 15) is 9.59 Å². The fraction of sp³-hybridized carbons (Fsp3) is 0.261. The molecule has 166 valence electrons. The van der Waals surface area contributed by atoms with Crippen molar-refractivity contribution in [1.82, 2.24) is 4.98 Å². The summed E-state index contributed by atoms with van der Waals surface area (Å²) in [5.41, 5.74) is 2.75. The van der Waals surface area contributed by atoms with Crippen molar-refractivity contribution >= 4 is 46.1 Å². The summed E-state index contributed by atoms with van der Waals surface area (Å²) in [6.45, 7) is 2.13. The van der Waals surface area contributed by atoms with Crippen LogP contribution in [0.5, 0.6) is 5.75 Å². The first kappa shape index (κ1) is 22.3. The molecule has 0 aliphatic carbocycles. The van der Waals surface area contributed by atoms with E-state index in [1.165, 1.54) is 4.90 Å². The molecule has 1 atom stereocenters. The summed E-state index contributed by atoms with van der Waals surface area (Å²) in [7, 11) is 1.66. The number of hydrogen-bond acceptors (Lipinski definition) is 6. The van der Waals surface area contributed by atoms with Crippen molar-refractivity contribution in [3.05, 3.63) is 57.9 Å². The summed E-state index contributed by atoms with van der Waals surface area (Å²) in [5, 5.41) is 6.24. The Morgan fingerprint density at radius 3 is 2.94 bits per heavy atom. The number of carbonyl (C=O) groups is 2. The highest BCUT2D eigenvalue weighted by molar-refractivity contribution is 7.09. The Bertz CT molecular complexity index is 1150. The third-order valence-electron chi connectivity index (χ3n) is 4.94. The van der Waals surface area contributed by atoms with Crippen molar-refractivity contribution in [2.45, 2.75) is 19.4 Å². The van der Waals surface area contributed by atoms with Crippen molar-refractivity contribution in [2.24, 2.45) is 0 Å². The highest BCUT2D eigenvalue weighted by Crippen LogP contribution is 2.37. The zero-order valence-electron chi connectivity index (χ0n) is 17.6. The average Bonchev–Trinajstić information content (AvgIpc) is 3.24. The lowest BCUT2D eigenvalue weighted by atomic mass is 10.1. The minimum absolute atomic E-state index is 0.147. The molecule has 1 aliphatic heterocycles. The van der Waals surface area contributed by atoms with Gasteiger partial charge in [-0.1, -0.05) is 17.7 Å². The zero-order valence-corrected chi connectivity index (χ0v) is 19.2. The average molecular weight is 472 g/mol. The van der Waals surface area contributed by atoms with E-state index in [2.05, 4.69) is 10.3 Å². The molecule has 3 aromatic rings. The number of carbonyl (C=O) groups excluding carboxylic acids is 2. The van der Waals surface area contributed by atoms with Crippen LogP contribution in [0.1, 0.15) is 11.9 Å². The minimum Gasteiger partial charge on any atom is -0.479 e. The monoisotopic (exact) mass is 471 g/mol. The Kier molecular flexibility index (Phi) is 6.74. The predicted octanol–water partition coefficient (Wildman–Crippen LogP) is 4.41. The largest absolute Gasteiger partial charge is 0.479 e. The van der Waals surface area contributed by atoms with Crippen molar-refractivity contribution in [3.8, 4) is 17.0 Å². The van der Waals surface area contributed by atoms with Gasteiger partial charge in [-0.25, -0.2) is 4.98 Å². The molecule has 0 fully saturated rings. The van der Waals surface area contributed by atoms with Gasteiger partial charge in [-0.2, -0.15) is 0 Å². The van der Waals surface area contributed by atoms with Crippen LogP contribution >= 0.6 is 22.9 Å². The van der Waals surface area contributed by atoms with E-state index in [1.807, 2.05) is 23.6 Å². The molecular weight excluding hydrogens is 450 g/mol. The standard InChI is InChI=1S/C23H22ClN3O4S/c1-14-23(29)27(12-21(28)25-17-5-3-4-16(24)11-17)19-10-15(6-7-20(19)31-14)18-13-32-22(26-18)8-9-30-2/h3-7,10-11,13-14H,8-9,12H2,1-2H3,(H,25,28). The first-order chi connectivity index (χ1) is 15.4. The van der Waals surface area contributed by atoms with Crippen molar-refractivity contribution < 1.29 is 19.1 Å². The van der Waals surface area contributed by atoms with Crippen LogP contribution < -0.4 is 15.0 Å². The second-order valence-corrected chi connectivity index (χ2v) is 8.67. The molecule has 1 unspecified atom stereocenters. The lowest BCUT2D eigenvalue weighted by Gasteiger charge is -2.32. The number of ether oxygens (including phenoxy) is 2. The Labute approximate surface area is 194 Å². The molecule has 0 bridgehead atoms. The summed E-state index contributed by atoms with van der Waals surface area (Å²) in [4.78, 5) is 31.7. The molecule has 1 aliphatic rings. The maximum Gasteiger partial charge on any atom is 0.268 e. The highest BCUT2D eigenvalue weighted by Gasteiger charge is 2.33. The van der Waals surface area contributed by atoms with Gasteiger partial charge in [-0.3, -0.25) is 14.5 Å². The summed E-state index contributed by atoms with van der Waals surface area (Å²) in [5.74, 6) is -0.0669. The third kappa shape index (κ3) is 4.93. The molecule has 0 radical (unpaired) electrons. The number of rotatable bonds is 7. The SMILES string of the molecule is COCCc1nc(-c2ccc3c(c2)N(CC(=O)Nc2cccc(Cl)c2)C(=O)C(C)O3)cs1. The van der Waals surface area contributed by atoms with Gasteiger partial charge in [0.15, 0.2) is 6.10 Å². The number of nitrogens with zero attached hydrogens (tertiary/aromatic N) is 2. The number of anilines is 2. The molecular formula is C23H22ClN3O4S. The molecule has 1 N–H and O–H groups in total. The van der Waals surface area contributed by atoms with E-state index in [-0.39, 0.29) is 18.4 Å². The van der Waals surface area contributed by atoms with E-state index in [0.29, 0.717) is 28.8 Å². The maximum absolute atomic E-state index is 12.9. The molecule has 1 aromatic heterocycles. The van der Waals surface area contributed by atoms with E-state index >= 15 is 0 Å². The number of thiazole rings is 1. The van der Waals surface area contributed by atoms with Gasteiger partial charge in [0.25, 0.3) is 5.91 Å². The third-order valence-corrected chi connectivity index (χ3v) is 6.09. The van der Waals surface area contributed by atoms with Crippen LogP contribution in [0.3, 0.4) is 0 Å². The normalized spacial score (nSPS) is 15.3. The summed E-state index contributed by atoms with van der Waals surface area (Å²) in [6, 6.07) is 12.4. The van der Waals surface area contributed by atoms with Gasteiger partial charge in [0.1, 0.15) is 12.3 Å². The molecule has 4 rings (SSSR count). The molecule has 9 heteroatoms. The van der Waals surface area contributed by atoms with Gasteiger partial charge in [0.2, 0.25) is 5.91 Å². The van der Waals surface area contributed by atoms with Crippen molar-refractivity contribution in [3.63, 3.8) is 0 Å². The smallest absolute Gasteiger partial charge is 0.268 e. The summed E-state index contributed by atoms with van der Waals surface area (Å²) >= 11 is 7.55. The number of methoxy groups -OCH3 is 1. The van der Waals surface area contributed by atoms with Gasteiger partial charge in [-0.05, 0) is 43.3 Å². The number of hydrogen-bond donors (Lipinski definition) is 1. The van der Waals surface area contributed by atoms with Crippen molar-refractivity contribution in [1.29, 1.82) is 0 Å². The number of aromatic nitrogens is 1. The van der Waals surface area contributed by atoms with Gasteiger partial charge < -0.3 is 14.8 Å². The summed E-state index contributed by atoms with van der Waals surface area (Å²) in [6.07, 6.45) is 0.0494. The van der Waals surface area contributed by atoms with E-state index in [1.54, 1.807) is 49.6 Å². The van der Waals surface area contributed by atoms with Crippen LogP contribution in [0.15, 0.2) is 47.8 Å². The first-order valence-corrected chi connectivity index (χ1v) is 11.3. The van der Waals surface area contributed by atoms with Gasteiger partial charge in [0, 0.05) is 35.2 Å². The molecule has 0 saturated carbocycles. The first-order valence-electron chi connectivity index (χ1n) is 10.1. The van der Waals surface area contributed by atoms with Crippen LogP contribution in [0, 0.1) is 0 Å². The fourth-order valence-electron chi connectivity index (χ4n) is 3.39. The lowest BCUT2D eigenvalue weighted by Crippen LogP contribution is -2.47. The Balaban J connectivity index is 1.58. The van der Waals surface area contributed by atoms with Crippen LogP contribution in [0.4, 0.5) is 11.4 Å². The fourth-order valence-corrected chi connectivity index (χ4v) is 4.37. The van der Waals surface area contributed by atoms with E-state index < -0.39 is 6.10 Å². The van der Waals surface area contributed by atoms with Crippen molar-refractivity contribution in [2.75, 3.05) is 30.5 Å². The van der Waals surface area contributed by atoms with E-state index in [4.69, 9.17) is 21.1 Å². The number of amides is 2. The van der Waals surface area contributed by atoms with E-state index in [0.717, 1.165) is 22.7 Å². The second-order valence-electron chi connectivity index (χ2n) is 7.29. The Hall–Kier alpha value is -2.94. The topological polar surface area (TPSA) is 80.8 Å². The molecule has 0 saturated heterocycles. The Morgan fingerprint density at radius 1 is 1.31 bits per heavy atom. The van der Waals surface area contributed by atoms with Crippen LogP contribution in [-0.4, -0.2) is 43.2 Å². The molecule has 32 heavy (non-hydrogen) atoms. The number of halogens is 1. The molecule has 2 amide bonds. The molecule has 2 aromatic carbocycles. The van der Waals surface area contributed by atoms with Gasteiger partial charge in [-0.15, -0.1) is 11.3 Å². The Morgan fingerprint density at radius 2 is 2.16 bits per heavy atom. The predicted molar refractivity (Wildman–Crippen MR) is 126 cm³/mol. The molecule has 2 heterocycles. The second kappa shape index (κ2) is 9.68. The number of nitrogens with one attached hydrogen (secondary N) is 1. The quantitative estimate of drug-likeness (QED) is 0.552. The molecule has 7 nitrogen and oxygen atoms in total. The highest BCUT2D eigenvalue weighted by atomic mass is 35.5. The van der Waals surface area contributed by atoms with Gasteiger partial charge >= 0.3 is 0 Å². The van der Waals surface area contributed by atoms with Crippen LogP contribution in [-0.2, 0) is 20.7 Å². The van der Waals surface area contributed by atoms with Gasteiger partial charge in [0.05, 0.1) is 23.0 Å². The number of fused-ring (bicyclic) bond motifs is 1. The number of benzene rings is 2. The summed E-state index contributed by atoms with van der Waals surface area (Å²) < 4.78 is 10.9.